The molecule has 0 radical (unpaired) electrons. The van der Waals surface area contributed by atoms with Gasteiger partial charge in [-0.1, -0.05) is 74.0 Å². The van der Waals surface area contributed by atoms with Gasteiger partial charge in [-0.05, 0) is 61.1 Å². The Bertz CT molecular complexity index is 1570. The van der Waals surface area contributed by atoms with Gasteiger partial charge in [-0.2, -0.15) is 8.42 Å². The first-order valence-corrected chi connectivity index (χ1v) is 18.6. The van der Waals surface area contributed by atoms with Crippen LogP contribution in [0.2, 0.25) is 0 Å². The van der Waals surface area contributed by atoms with E-state index in [1.165, 1.54) is 12.1 Å². The first-order chi connectivity index (χ1) is 23.0. The van der Waals surface area contributed by atoms with Crippen LogP contribution in [0.3, 0.4) is 0 Å². The number of ether oxygens (including phenoxy) is 3. The second-order valence-corrected chi connectivity index (χ2v) is 15.7. The lowest BCUT2D eigenvalue weighted by Crippen LogP contribution is -2.51. The number of fused-ring (bicyclic) bond motifs is 1. The number of hydrogen-bond donors (Lipinski definition) is 2. The van der Waals surface area contributed by atoms with Crippen LogP contribution in [-0.4, -0.2) is 79.3 Å². The van der Waals surface area contributed by atoms with Crippen molar-refractivity contribution in [3.63, 3.8) is 0 Å². The van der Waals surface area contributed by atoms with E-state index >= 15 is 0 Å². The SMILES string of the molecule is Cc1ccc(S(=O)(=O)OCc2ccc([S+]([O-])N(CC(C)C)C[C@@H](O)[C@H](Cc3ccccc3)NC(=O)O[C@H]3CO[C@H]4OCC[C@H]43)cc2)cc1. The number of nitrogens with zero attached hydrogens (tertiary/aromatic N) is 1. The van der Waals surface area contributed by atoms with E-state index in [0.717, 1.165) is 17.5 Å². The van der Waals surface area contributed by atoms with Crippen molar-refractivity contribution < 1.29 is 41.3 Å². The Balaban J connectivity index is 1.24. The molecule has 260 valence electrons. The molecule has 0 aliphatic carbocycles. The number of rotatable bonds is 15. The fourth-order valence-electron chi connectivity index (χ4n) is 5.74. The number of aliphatic hydroxyl groups excluding tert-OH is 1. The maximum Gasteiger partial charge on any atom is 0.407 e. The van der Waals surface area contributed by atoms with Crippen LogP contribution in [0.1, 0.15) is 37.0 Å². The molecule has 6 atom stereocenters. The second kappa shape index (κ2) is 16.6. The predicted molar refractivity (Wildman–Crippen MR) is 180 cm³/mol. The molecule has 0 aromatic heterocycles. The molecule has 2 aliphatic rings. The zero-order valence-corrected chi connectivity index (χ0v) is 29.0. The number of benzene rings is 3. The summed E-state index contributed by atoms with van der Waals surface area (Å²) in [6, 6.07) is 21.8. The fourth-order valence-corrected chi connectivity index (χ4v) is 8.03. The van der Waals surface area contributed by atoms with Crippen molar-refractivity contribution in [2.45, 2.75) is 74.6 Å². The molecular formula is C35H44N2O9S2. The summed E-state index contributed by atoms with van der Waals surface area (Å²) < 4.78 is 62.9. The van der Waals surface area contributed by atoms with Gasteiger partial charge in [0, 0.05) is 6.54 Å². The lowest BCUT2D eigenvalue weighted by Gasteiger charge is -2.31. The Morgan fingerprint density at radius 1 is 1.02 bits per heavy atom. The number of aryl methyl sites for hydroxylation is 1. The number of aliphatic hydroxyl groups is 1. The molecule has 0 spiro atoms. The van der Waals surface area contributed by atoms with Gasteiger partial charge in [-0.15, -0.1) is 4.31 Å². The summed E-state index contributed by atoms with van der Waals surface area (Å²) in [6.07, 6.45) is -1.47. The van der Waals surface area contributed by atoms with E-state index in [2.05, 4.69) is 5.32 Å². The molecule has 2 aliphatic heterocycles. The van der Waals surface area contributed by atoms with Gasteiger partial charge < -0.3 is 29.2 Å². The third-order valence-corrected chi connectivity index (χ3v) is 11.0. The first kappa shape index (κ1) is 36.3. The molecule has 3 aromatic rings. The van der Waals surface area contributed by atoms with Gasteiger partial charge in [0.25, 0.3) is 10.1 Å². The average molecular weight is 701 g/mol. The van der Waals surface area contributed by atoms with Crippen LogP contribution in [0.25, 0.3) is 0 Å². The summed E-state index contributed by atoms with van der Waals surface area (Å²) in [5, 5.41) is 14.4. The van der Waals surface area contributed by atoms with Gasteiger partial charge in [0.15, 0.2) is 11.2 Å². The van der Waals surface area contributed by atoms with Gasteiger partial charge in [-0.3, -0.25) is 4.18 Å². The number of carbonyl (C=O) groups excluding carboxylic acids is 1. The minimum Gasteiger partial charge on any atom is -0.593 e. The summed E-state index contributed by atoms with van der Waals surface area (Å²) in [4.78, 5) is 13.6. The molecule has 2 saturated heterocycles. The van der Waals surface area contributed by atoms with Crippen LogP contribution in [0.15, 0.2) is 88.7 Å². The van der Waals surface area contributed by atoms with Crippen molar-refractivity contribution in [1.29, 1.82) is 0 Å². The van der Waals surface area contributed by atoms with Crippen LogP contribution >= 0.6 is 0 Å². The number of alkyl carbamates (subject to hydrolysis) is 1. The summed E-state index contributed by atoms with van der Waals surface area (Å²) in [5.41, 5.74) is 2.44. The van der Waals surface area contributed by atoms with Crippen molar-refractivity contribution in [3.05, 3.63) is 95.6 Å². The Hall–Kier alpha value is -3.01. The summed E-state index contributed by atoms with van der Waals surface area (Å²) in [7, 11) is -3.94. The molecule has 0 bridgehead atoms. The van der Waals surface area contributed by atoms with E-state index in [1.807, 2.05) is 51.1 Å². The zero-order chi connectivity index (χ0) is 34.3. The van der Waals surface area contributed by atoms with Crippen molar-refractivity contribution in [3.8, 4) is 0 Å². The minimum absolute atomic E-state index is 0.00725. The monoisotopic (exact) mass is 700 g/mol. The highest BCUT2D eigenvalue weighted by Gasteiger charge is 2.44. The molecule has 11 nitrogen and oxygen atoms in total. The minimum atomic E-state index is -3.94. The quantitative estimate of drug-likeness (QED) is 0.173. The van der Waals surface area contributed by atoms with E-state index in [1.54, 1.807) is 40.7 Å². The van der Waals surface area contributed by atoms with Crippen LogP contribution < -0.4 is 5.32 Å². The number of amides is 1. The topological polar surface area (TPSA) is 147 Å². The van der Waals surface area contributed by atoms with Crippen LogP contribution in [-0.2, 0) is 52.9 Å². The highest BCUT2D eigenvalue weighted by atomic mass is 32.2. The molecular weight excluding hydrogens is 657 g/mol. The third kappa shape index (κ3) is 9.79. The van der Waals surface area contributed by atoms with Crippen LogP contribution in [0.5, 0.6) is 0 Å². The highest BCUT2D eigenvalue weighted by Crippen LogP contribution is 2.33. The lowest BCUT2D eigenvalue weighted by molar-refractivity contribution is -0.0907. The second-order valence-electron chi connectivity index (χ2n) is 12.6. The molecule has 2 heterocycles. The standard InChI is InChI=1S/C35H44N2O9S2/c1-24(2)20-37(47(40)28-13-11-27(12-14-28)22-45-48(41,42)29-15-9-25(3)10-16-29)21-32(38)31(19-26-7-5-4-6-8-26)36-35(39)46-33-23-44-34-30(33)17-18-43-34/h4-16,24,30-34,38H,17-23H2,1-3H3,(H,36,39)/t30-,31-,32+,33-,34+,47?/m0/s1. The zero-order valence-electron chi connectivity index (χ0n) is 27.4. The van der Waals surface area contributed by atoms with Crippen LogP contribution in [0, 0.1) is 18.8 Å². The third-order valence-electron chi connectivity index (χ3n) is 8.32. The molecule has 1 unspecified atom stereocenters. The lowest BCUT2D eigenvalue weighted by atomic mass is 10.0. The Labute approximate surface area is 286 Å². The van der Waals surface area contributed by atoms with Crippen molar-refractivity contribution >= 4 is 27.6 Å². The summed E-state index contributed by atoms with van der Waals surface area (Å²) in [5.74, 6) is 0.1000. The molecule has 5 rings (SSSR count). The molecule has 1 amide bonds. The first-order valence-electron chi connectivity index (χ1n) is 16.1. The molecule has 0 saturated carbocycles. The number of hydrogen-bond acceptors (Lipinski definition) is 10. The molecule has 48 heavy (non-hydrogen) atoms. The predicted octanol–water partition coefficient (Wildman–Crippen LogP) is 4.34. The Kier molecular flexibility index (Phi) is 12.5. The summed E-state index contributed by atoms with van der Waals surface area (Å²) in [6.45, 7) is 6.91. The Morgan fingerprint density at radius 2 is 1.73 bits per heavy atom. The van der Waals surface area contributed by atoms with Crippen molar-refractivity contribution in [2.75, 3.05) is 26.3 Å². The van der Waals surface area contributed by atoms with E-state index < -0.39 is 45.8 Å². The van der Waals surface area contributed by atoms with Gasteiger partial charge >= 0.3 is 6.09 Å². The Morgan fingerprint density at radius 3 is 2.42 bits per heavy atom. The maximum absolute atomic E-state index is 13.9. The van der Waals surface area contributed by atoms with Gasteiger partial charge in [0.05, 0.1) is 60.7 Å². The number of nitrogens with one attached hydrogen (secondary N) is 1. The van der Waals surface area contributed by atoms with E-state index in [0.29, 0.717) is 30.0 Å². The maximum atomic E-state index is 13.9. The van der Waals surface area contributed by atoms with Crippen molar-refractivity contribution in [2.24, 2.45) is 11.8 Å². The van der Waals surface area contributed by atoms with Crippen molar-refractivity contribution in [1.82, 2.24) is 9.62 Å². The van der Waals surface area contributed by atoms with E-state index in [4.69, 9.17) is 18.4 Å². The van der Waals surface area contributed by atoms with E-state index in [9.17, 15) is 22.9 Å². The normalized spacial score (nSPS) is 21.2. The van der Waals surface area contributed by atoms with Gasteiger partial charge in [0.1, 0.15) is 6.10 Å². The van der Waals surface area contributed by atoms with Crippen LogP contribution in [0.4, 0.5) is 4.79 Å². The van der Waals surface area contributed by atoms with E-state index in [-0.39, 0.29) is 42.8 Å². The largest absolute Gasteiger partial charge is 0.593 e. The molecule has 13 heteroatoms. The fraction of sp³-hybridized carbons (Fsp3) is 0.457. The highest BCUT2D eigenvalue weighted by molar-refractivity contribution is 7.89. The molecule has 2 N–H and O–H groups in total. The smallest absolute Gasteiger partial charge is 0.407 e. The van der Waals surface area contributed by atoms with Gasteiger partial charge in [0.2, 0.25) is 0 Å². The molecule has 3 aromatic carbocycles. The van der Waals surface area contributed by atoms with Gasteiger partial charge in [-0.25, -0.2) is 4.79 Å². The summed E-state index contributed by atoms with van der Waals surface area (Å²) >= 11 is -1.67. The molecule has 2 fully saturated rings. The average Bonchev–Trinajstić information content (AvgIpc) is 3.69. The number of carbonyl (C=O) groups is 1.